The van der Waals surface area contributed by atoms with Gasteiger partial charge in [-0.25, -0.2) is 0 Å². The molecule has 6 heteroatoms. The monoisotopic (exact) mass is 448 g/mol. The van der Waals surface area contributed by atoms with Crippen LogP contribution in [0.1, 0.15) is 36.5 Å². The molecule has 0 bridgehead atoms. The first-order valence-corrected chi connectivity index (χ1v) is 11.6. The lowest BCUT2D eigenvalue weighted by Gasteiger charge is -2.32. The van der Waals surface area contributed by atoms with Gasteiger partial charge in [0, 0.05) is 18.7 Å². The highest BCUT2D eigenvalue weighted by atomic mass is 16.5. The van der Waals surface area contributed by atoms with Crippen molar-refractivity contribution in [1.29, 1.82) is 0 Å². The summed E-state index contributed by atoms with van der Waals surface area (Å²) in [6, 6.07) is 13.4. The third-order valence-electron chi connectivity index (χ3n) is 6.40. The van der Waals surface area contributed by atoms with E-state index < -0.39 is 0 Å². The highest BCUT2D eigenvalue weighted by molar-refractivity contribution is 6.36. The molecule has 0 radical (unpaired) electrons. The van der Waals surface area contributed by atoms with E-state index in [1.165, 1.54) is 4.90 Å². The quantitative estimate of drug-likeness (QED) is 0.594. The van der Waals surface area contributed by atoms with Crippen LogP contribution < -0.4 is 9.47 Å². The van der Waals surface area contributed by atoms with Gasteiger partial charge in [-0.15, -0.1) is 0 Å². The number of nitrogens with zero attached hydrogens (tertiary/aromatic N) is 2. The molecular weight excluding hydrogens is 416 g/mol. The number of aryl methyl sites for hydroxylation is 2. The topological polar surface area (TPSA) is 59.1 Å². The number of rotatable bonds is 7. The third kappa shape index (κ3) is 4.75. The lowest BCUT2D eigenvalue weighted by Crippen LogP contribution is -2.39. The van der Waals surface area contributed by atoms with Crippen molar-refractivity contribution in [2.45, 2.75) is 33.6 Å². The molecule has 2 aromatic carbocycles. The molecule has 0 spiro atoms. The largest absolute Gasteiger partial charge is 0.496 e. The SMILES string of the molecule is COc1ccccc1C1=C(N2CCC(C)CC2)C(=O)N(CCOc2cc(C)cc(C)c2)C1=O. The number of para-hydroxylation sites is 1. The molecule has 0 N–H and O–H groups in total. The molecule has 1 saturated heterocycles. The van der Waals surface area contributed by atoms with Gasteiger partial charge in [0.2, 0.25) is 0 Å². The van der Waals surface area contributed by atoms with Gasteiger partial charge in [-0.3, -0.25) is 14.5 Å². The van der Waals surface area contributed by atoms with Gasteiger partial charge < -0.3 is 14.4 Å². The molecule has 0 unspecified atom stereocenters. The van der Waals surface area contributed by atoms with Crippen molar-refractivity contribution in [2.75, 3.05) is 33.4 Å². The number of ether oxygens (including phenoxy) is 2. The van der Waals surface area contributed by atoms with E-state index in [2.05, 4.69) is 17.9 Å². The van der Waals surface area contributed by atoms with Crippen molar-refractivity contribution >= 4 is 17.4 Å². The minimum Gasteiger partial charge on any atom is -0.496 e. The standard InChI is InChI=1S/C27H32N2O4/c1-18-9-11-28(12-10-18)25-24(22-7-5-6-8-23(22)32-4)26(30)29(27(25)31)13-14-33-21-16-19(2)15-20(3)17-21/h5-8,15-18H,9-14H2,1-4H3. The Morgan fingerprint density at radius 3 is 2.30 bits per heavy atom. The molecule has 2 amide bonds. The van der Waals surface area contributed by atoms with Gasteiger partial charge in [0.15, 0.2) is 0 Å². The van der Waals surface area contributed by atoms with Crippen LogP contribution in [-0.2, 0) is 9.59 Å². The summed E-state index contributed by atoms with van der Waals surface area (Å²) in [4.78, 5) is 30.5. The minimum absolute atomic E-state index is 0.192. The Bertz CT molecular complexity index is 1060. The van der Waals surface area contributed by atoms with E-state index in [1.807, 2.05) is 50.2 Å². The molecule has 4 rings (SSSR count). The molecular formula is C27H32N2O4. The summed E-state index contributed by atoms with van der Waals surface area (Å²) in [6.07, 6.45) is 2.00. The normalized spacial score (nSPS) is 17.2. The summed E-state index contributed by atoms with van der Waals surface area (Å²) in [5.41, 5.74) is 3.80. The Morgan fingerprint density at radius 2 is 1.64 bits per heavy atom. The molecule has 6 nitrogen and oxygen atoms in total. The van der Waals surface area contributed by atoms with Gasteiger partial charge in [-0.1, -0.05) is 31.2 Å². The van der Waals surface area contributed by atoms with E-state index in [0.29, 0.717) is 28.5 Å². The molecule has 2 aliphatic heterocycles. The summed E-state index contributed by atoms with van der Waals surface area (Å²) < 4.78 is 11.4. The summed E-state index contributed by atoms with van der Waals surface area (Å²) in [6.45, 7) is 8.22. The van der Waals surface area contributed by atoms with Crippen LogP contribution >= 0.6 is 0 Å². The summed E-state index contributed by atoms with van der Waals surface area (Å²) in [5.74, 6) is 1.41. The lowest BCUT2D eigenvalue weighted by atomic mass is 9.97. The number of benzene rings is 2. The third-order valence-corrected chi connectivity index (χ3v) is 6.40. The van der Waals surface area contributed by atoms with E-state index in [9.17, 15) is 9.59 Å². The van der Waals surface area contributed by atoms with E-state index in [0.717, 1.165) is 42.8 Å². The first kappa shape index (κ1) is 22.9. The minimum atomic E-state index is -0.290. The highest BCUT2D eigenvalue weighted by Gasteiger charge is 2.42. The summed E-state index contributed by atoms with van der Waals surface area (Å²) >= 11 is 0. The molecule has 1 fully saturated rings. The van der Waals surface area contributed by atoms with Crippen LogP contribution in [0.5, 0.6) is 11.5 Å². The molecule has 2 aromatic rings. The van der Waals surface area contributed by atoms with E-state index in [4.69, 9.17) is 9.47 Å². The number of hydrogen-bond acceptors (Lipinski definition) is 5. The maximum absolute atomic E-state index is 13.6. The summed E-state index contributed by atoms with van der Waals surface area (Å²) in [5, 5.41) is 0. The zero-order chi connectivity index (χ0) is 23.5. The van der Waals surface area contributed by atoms with Crippen LogP contribution in [0, 0.1) is 19.8 Å². The van der Waals surface area contributed by atoms with Crippen molar-refractivity contribution in [2.24, 2.45) is 5.92 Å². The van der Waals surface area contributed by atoms with Crippen LogP contribution in [-0.4, -0.2) is 55.0 Å². The number of amides is 2. The predicted octanol–water partition coefficient (Wildman–Crippen LogP) is 4.20. The van der Waals surface area contributed by atoms with Gasteiger partial charge in [0.05, 0.1) is 19.2 Å². The van der Waals surface area contributed by atoms with Gasteiger partial charge in [0.1, 0.15) is 23.8 Å². The second-order valence-corrected chi connectivity index (χ2v) is 9.03. The fourth-order valence-corrected chi connectivity index (χ4v) is 4.66. The number of carbonyl (C=O) groups excluding carboxylic acids is 2. The average Bonchev–Trinajstić information content (AvgIpc) is 3.03. The van der Waals surface area contributed by atoms with Crippen LogP contribution in [0.25, 0.3) is 5.57 Å². The van der Waals surface area contributed by atoms with Gasteiger partial charge in [0.25, 0.3) is 11.8 Å². The Hall–Kier alpha value is -3.28. The predicted molar refractivity (Wildman–Crippen MR) is 128 cm³/mol. The number of carbonyl (C=O) groups is 2. The van der Waals surface area contributed by atoms with Gasteiger partial charge >= 0.3 is 0 Å². The zero-order valence-corrected chi connectivity index (χ0v) is 19.9. The molecule has 0 aliphatic carbocycles. The number of hydrogen-bond donors (Lipinski definition) is 0. The first-order chi connectivity index (χ1) is 15.9. The second kappa shape index (κ2) is 9.69. The Kier molecular flexibility index (Phi) is 6.72. The van der Waals surface area contributed by atoms with E-state index >= 15 is 0 Å². The smallest absolute Gasteiger partial charge is 0.277 e. The molecule has 0 aromatic heterocycles. The van der Waals surface area contributed by atoms with Crippen LogP contribution in [0.4, 0.5) is 0 Å². The van der Waals surface area contributed by atoms with Crippen LogP contribution in [0.15, 0.2) is 48.2 Å². The second-order valence-electron chi connectivity index (χ2n) is 9.03. The van der Waals surface area contributed by atoms with Crippen molar-refractivity contribution < 1.29 is 19.1 Å². The maximum Gasteiger partial charge on any atom is 0.277 e. The molecule has 33 heavy (non-hydrogen) atoms. The van der Waals surface area contributed by atoms with E-state index in [1.54, 1.807) is 7.11 Å². The number of imide groups is 1. The number of piperidine rings is 1. The van der Waals surface area contributed by atoms with Crippen LogP contribution in [0.3, 0.4) is 0 Å². The fourth-order valence-electron chi connectivity index (χ4n) is 4.66. The lowest BCUT2D eigenvalue weighted by molar-refractivity contribution is -0.138. The first-order valence-electron chi connectivity index (χ1n) is 11.6. The fraction of sp³-hybridized carbons (Fsp3) is 0.407. The molecule has 0 atom stereocenters. The van der Waals surface area contributed by atoms with Crippen molar-refractivity contribution in [3.8, 4) is 11.5 Å². The zero-order valence-electron chi connectivity index (χ0n) is 19.9. The Morgan fingerprint density at radius 1 is 0.970 bits per heavy atom. The molecule has 174 valence electrons. The van der Waals surface area contributed by atoms with Gasteiger partial charge in [-0.2, -0.15) is 0 Å². The maximum atomic E-state index is 13.6. The van der Waals surface area contributed by atoms with Crippen molar-refractivity contribution in [1.82, 2.24) is 9.80 Å². The van der Waals surface area contributed by atoms with Crippen LogP contribution in [0.2, 0.25) is 0 Å². The highest BCUT2D eigenvalue weighted by Crippen LogP contribution is 2.37. The number of likely N-dealkylation sites (tertiary alicyclic amines) is 1. The molecule has 2 heterocycles. The van der Waals surface area contributed by atoms with Gasteiger partial charge in [-0.05, 0) is 61.9 Å². The van der Waals surface area contributed by atoms with Crippen molar-refractivity contribution in [3.63, 3.8) is 0 Å². The molecule has 2 aliphatic rings. The average molecular weight is 449 g/mol. The number of methoxy groups -OCH3 is 1. The Labute approximate surface area is 195 Å². The van der Waals surface area contributed by atoms with Crippen molar-refractivity contribution in [3.05, 3.63) is 64.9 Å². The van der Waals surface area contributed by atoms with E-state index in [-0.39, 0.29) is 25.0 Å². The summed E-state index contributed by atoms with van der Waals surface area (Å²) in [7, 11) is 1.58. The molecule has 0 saturated carbocycles. The Balaban J connectivity index is 1.60.